The van der Waals surface area contributed by atoms with Crippen LogP contribution in [0.25, 0.3) is 0 Å². The average Bonchev–Trinajstić information content (AvgIpc) is 2.76. The summed E-state index contributed by atoms with van der Waals surface area (Å²) in [6.45, 7) is 1.81. The van der Waals surface area contributed by atoms with E-state index >= 15 is 0 Å². The van der Waals surface area contributed by atoms with Gasteiger partial charge >= 0.3 is 12.2 Å². The molecule has 0 bridgehead atoms. The van der Waals surface area contributed by atoms with Gasteiger partial charge in [-0.1, -0.05) is 73.5 Å². The summed E-state index contributed by atoms with van der Waals surface area (Å²) in [6.07, 6.45) is -4.66. The zero-order valence-corrected chi connectivity index (χ0v) is 17.8. The zero-order valence-electron chi connectivity index (χ0n) is 16.9. The van der Waals surface area contributed by atoms with E-state index < -0.39 is 35.4 Å². The lowest BCUT2D eigenvalue weighted by Gasteiger charge is -2.27. The Morgan fingerprint density at radius 2 is 1.41 bits per heavy atom. The van der Waals surface area contributed by atoms with Gasteiger partial charge in [0.25, 0.3) is 5.91 Å². The molecule has 0 spiro atoms. The average molecular weight is 459 g/mol. The van der Waals surface area contributed by atoms with Crippen molar-refractivity contribution in [2.75, 3.05) is 10.6 Å². The van der Waals surface area contributed by atoms with Crippen LogP contribution >= 0.6 is 12.8 Å². The van der Waals surface area contributed by atoms with Crippen LogP contribution in [0.5, 0.6) is 0 Å². The van der Waals surface area contributed by atoms with Gasteiger partial charge in [0.15, 0.2) is 0 Å². The Hall–Kier alpha value is -3.46. The molecule has 0 saturated carbocycles. The molecule has 3 aromatic rings. The summed E-state index contributed by atoms with van der Waals surface area (Å²) in [7, 11) is 0. The minimum absolute atomic E-state index is 0.435. The van der Waals surface area contributed by atoms with E-state index in [0.717, 1.165) is 22.0 Å². The molecule has 32 heavy (non-hydrogen) atoms. The van der Waals surface area contributed by atoms with Crippen molar-refractivity contribution < 1.29 is 22.8 Å². The quantitative estimate of drug-likeness (QED) is 0.406. The molecule has 0 aliphatic heterocycles. The molecule has 0 fully saturated rings. The molecule has 3 rings (SSSR count). The van der Waals surface area contributed by atoms with Crippen molar-refractivity contribution >= 4 is 36.1 Å². The monoisotopic (exact) mass is 459 g/mol. The van der Waals surface area contributed by atoms with Crippen LogP contribution in [-0.4, -0.2) is 16.2 Å². The summed E-state index contributed by atoms with van der Waals surface area (Å²) in [5.74, 6) is -0.570. The van der Waals surface area contributed by atoms with E-state index in [0.29, 0.717) is 11.3 Å². The lowest BCUT2D eigenvalue weighted by Crippen LogP contribution is -2.38. The maximum Gasteiger partial charge on any atom is 0.418 e. The van der Waals surface area contributed by atoms with Crippen molar-refractivity contribution in [2.45, 2.75) is 19.1 Å². The van der Waals surface area contributed by atoms with E-state index in [9.17, 15) is 22.8 Å². The van der Waals surface area contributed by atoms with E-state index in [2.05, 4.69) is 23.4 Å². The van der Waals surface area contributed by atoms with Crippen molar-refractivity contribution in [3.63, 3.8) is 0 Å². The van der Waals surface area contributed by atoms with Crippen molar-refractivity contribution in [3.8, 4) is 0 Å². The van der Waals surface area contributed by atoms with Gasteiger partial charge in [-0.2, -0.15) is 13.2 Å². The standard InChI is InChI=1S/C23H20F3N3O2S/c1-15-9-5-7-13-18(15)27-21(30)20(16-10-3-2-4-11-16)29(32)22(31)28-19-14-8-6-12-17(19)23(24,25)26/h2-14,20,32H,1H3,(H,27,30)(H,28,31). The van der Waals surface area contributed by atoms with Crippen molar-refractivity contribution in [2.24, 2.45) is 0 Å². The normalized spacial score (nSPS) is 12.0. The molecule has 1 unspecified atom stereocenters. The van der Waals surface area contributed by atoms with Gasteiger partial charge in [-0.25, -0.2) is 4.79 Å². The molecular formula is C23H20F3N3O2S. The first-order chi connectivity index (χ1) is 15.2. The van der Waals surface area contributed by atoms with E-state index in [-0.39, 0.29) is 0 Å². The molecule has 5 nitrogen and oxygen atoms in total. The molecule has 0 radical (unpaired) electrons. The largest absolute Gasteiger partial charge is 0.418 e. The molecule has 9 heteroatoms. The van der Waals surface area contributed by atoms with Crippen LogP contribution in [0.1, 0.15) is 22.7 Å². The van der Waals surface area contributed by atoms with Crippen LogP contribution in [-0.2, 0) is 11.0 Å². The molecule has 0 aliphatic carbocycles. The molecule has 0 aromatic heterocycles. The molecular weight excluding hydrogens is 439 g/mol. The fourth-order valence-corrected chi connectivity index (χ4v) is 3.37. The SMILES string of the molecule is Cc1ccccc1NC(=O)C(c1ccccc1)N(S)C(=O)Nc1ccccc1C(F)(F)F. The third-order valence-corrected chi connectivity index (χ3v) is 5.11. The van der Waals surface area contributed by atoms with Crippen LogP contribution in [0.15, 0.2) is 78.9 Å². The Morgan fingerprint density at radius 3 is 2.03 bits per heavy atom. The number of aryl methyl sites for hydroxylation is 1. The Bertz CT molecular complexity index is 1110. The number of amides is 3. The summed E-state index contributed by atoms with van der Waals surface area (Å²) in [4.78, 5) is 25.9. The highest BCUT2D eigenvalue weighted by atomic mass is 32.1. The summed E-state index contributed by atoms with van der Waals surface area (Å²) in [5.41, 5.74) is 0.351. The second-order valence-corrected chi connectivity index (χ2v) is 7.37. The highest BCUT2D eigenvalue weighted by Gasteiger charge is 2.35. The first-order valence-electron chi connectivity index (χ1n) is 9.55. The van der Waals surface area contributed by atoms with Gasteiger partial charge in [0.05, 0.1) is 11.3 Å². The molecule has 0 aliphatic rings. The van der Waals surface area contributed by atoms with Crippen LogP contribution in [0.3, 0.4) is 0 Å². The number of carbonyl (C=O) groups is 2. The molecule has 1 atom stereocenters. The number of alkyl halides is 3. The van der Waals surface area contributed by atoms with Crippen LogP contribution in [0.4, 0.5) is 29.3 Å². The number of hydrogen-bond acceptors (Lipinski definition) is 3. The molecule has 166 valence electrons. The Labute approximate surface area is 188 Å². The topological polar surface area (TPSA) is 61.4 Å². The number of thiol groups is 1. The summed E-state index contributed by atoms with van der Waals surface area (Å²) >= 11 is 4.18. The highest BCUT2D eigenvalue weighted by molar-refractivity contribution is 7.78. The fourth-order valence-electron chi connectivity index (χ4n) is 3.08. The number of urea groups is 1. The van der Waals surface area contributed by atoms with Gasteiger partial charge < -0.3 is 10.6 Å². The molecule has 2 N–H and O–H groups in total. The summed E-state index contributed by atoms with van der Waals surface area (Å²) in [6, 6.07) is 17.8. The fraction of sp³-hybridized carbons (Fsp3) is 0.130. The van der Waals surface area contributed by atoms with Crippen molar-refractivity contribution in [1.29, 1.82) is 0 Å². The number of benzene rings is 3. The maximum absolute atomic E-state index is 13.3. The molecule has 0 saturated heterocycles. The number of para-hydroxylation sites is 2. The third-order valence-electron chi connectivity index (χ3n) is 4.69. The molecule has 0 heterocycles. The summed E-state index contributed by atoms with van der Waals surface area (Å²) < 4.78 is 40.6. The third kappa shape index (κ3) is 5.42. The van der Waals surface area contributed by atoms with E-state index in [4.69, 9.17) is 0 Å². The first kappa shape index (κ1) is 23.2. The van der Waals surface area contributed by atoms with Gasteiger partial charge in [0, 0.05) is 5.69 Å². The second kappa shape index (κ2) is 9.78. The molecule has 3 aromatic carbocycles. The van der Waals surface area contributed by atoms with E-state index in [1.807, 2.05) is 19.1 Å². The van der Waals surface area contributed by atoms with Gasteiger partial charge in [-0.15, -0.1) is 0 Å². The second-order valence-electron chi connectivity index (χ2n) is 6.94. The van der Waals surface area contributed by atoms with E-state index in [1.165, 1.54) is 12.1 Å². The number of anilines is 2. The first-order valence-corrected chi connectivity index (χ1v) is 9.95. The lowest BCUT2D eigenvalue weighted by molar-refractivity contribution is -0.137. The smallest absolute Gasteiger partial charge is 0.324 e. The van der Waals surface area contributed by atoms with E-state index in [1.54, 1.807) is 42.5 Å². The minimum Gasteiger partial charge on any atom is -0.324 e. The number of nitrogens with one attached hydrogen (secondary N) is 2. The van der Waals surface area contributed by atoms with Gasteiger partial charge in [0.1, 0.15) is 6.04 Å². The predicted octanol–water partition coefficient (Wildman–Crippen LogP) is 6.07. The number of hydrogen-bond donors (Lipinski definition) is 3. The van der Waals surface area contributed by atoms with Gasteiger partial charge in [-0.05, 0) is 36.2 Å². The number of carbonyl (C=O) groups excluding carboxylic acids is 2. The van der Waals surface area contributed by atoms with Crippen LogP contribution < -0.4 is 10.6 Å². The number of rotatable bonds is 5. The molecule has 3 amide bonds. The maximum atomic E-state index is 13.3. The Balaban J connectivity index is 1.89. The zero-order chi connectivity index (χ0) is 23.3. The Kier molecular flexibility index (Phi) is 7.09. The van der Waals surface area contributed by atoms with Crippen molar-refractivity contribution in [3.05, 3.63) is 95.6 Å². The highest BCUT2D eigenvalue weighted by Crippen LogP contribution is 2.35. The summed E-state index contributed by atoms with van der Waals surface area (Å²) in [5, 5.41) is 4.96. The van der Waals surface area contributed by atoms with Crippen LogP contribution in [0, 0.1) is 6.92 Å². The minimum atomic E-state index is -4.66. The number of nitrogens with zero attached hydrogens (tertiary/aromatic N) is 1. The van der Waals surface area contributed by atoms with Gasteiger partial charge in [0.2, 0.25) is 0 Å². The number of halogens is 3. The lowest BCUT2D eigenvalue weighted by atomic mass is 10.1. The predicted molar refractivity (Wildman–Crippen MR) is 120 cm³/mol. The van der Waals surface area contributed by atoms with Crippen molar-refractivity contribution in [1.82, 2.24) is 4.31 Å². The van der Waals surface area contributed by atoms with Crippen LogP contribution in [0.2, 0.25) is 0 Å². The van der Waals surface area contributed by atoms with Gasteiger partial charge in [-0.3, -0.25) is 9.10 Å². The Morgan fingerprint density at radius 1 is 0.844 bits per heavy atom.